The number of para-hydroxylation sites is 4. The molecule has 7 heteroatoms. The number of benzene rings is 4. The fraction of sp³-hybridized carbons (Fsp3) is 0.128. The number of ether oxygens (including phenoxy) is 2. The van der Waals surface area contributed by atoms with Gasteiger partial charge in [-0.1, -0.05) is 84.9 Å². The molecule has 8 aromatic rings. The van der Waals surface area contributed by atoms with Crippen molar-refractivity contribution in [2.45, 2.75) is 37.9 Å². The molecular weight excluding hydrogens is 669 g/mol. The van der Waals surface area contributed by atoms with Gasteiger partial charge >= 0.3 is 0 Å². The summed E-state index contributed by atoms with van der Waals surface area (Å²) in [6.07, 6.45) is 8.00. The molecule has 2 atom stereocenters. The van der Waals surface area contributed by atoms with Crippen LogP contribution in [0.3, 0.4) is 0 Å². The molecule has 0 radical (unpaired) electrons. The number of ketones is 1. The average Bonchev–Trinajstić information content (AvgIpc) is 3.24. The molecule has 0 saturated carbocycles. The Labute approximate surface area is 314 Å². The molecule has 0 aliphatic carbocycles. The molecule has 4 aromatic heterocycles. The standard InChI is InChI=1S/C47H38N4O3/c52-47(41(29-33-21-25-48-26-22-33)39-11-3-7-15-45(39)53-31-37-19-17-35-9-1-5-13-43(35)50-37)42(30-34-23-27-49-28-24-34)40-12-4-8-16-46(40)54-32-38-20-18-36-10-2-6-14-44(36)51-38/h1-28,41-42H,29-32H2. The average molecular weight is 707 g/mol. The first-order valence-corrected chi connectivity index (χ1v) is 18.1. The minimum Gasteiger partial charge on any atom is -0.487 e. The van der Waals surface area contributed by atoms with Gasteiger partial charge in [-0.05, 0) is 84.6 Å². The van der Waals surface area contributed by atoms with Crippen LogP contribution >= 0.6 is 0 Å². The van der Waals surface area contributed by atoms with Crippen LogP contribution in [-0.4, -0.2) is 25.7 Å². The number of fused-ring (bicyclic) bond motifs is 2. The van der Waals surface area contributed by atoms with E-state index in [0.29, 0.717) is 24.3 Å². The summed E-state index contributed by atoms with van der Waals surface area (Å²) in [6, 6.07) is 47.7. The minimum absolute atomic E-state index is 0.0587. The molecule has 4 aromatic carbocycles. The van der Waals surface area contributed by atoms with E-state index in [1.807, 2.05) is 133 Å². The maximum absolute atomic E-state index is 15.4. The Hall–Kier alpha value is -6.73. The lowest BCUT2D eigenvalue weighted by Crippen LogP contribution is -2.25. The number of rotatable bonds is 14. The van der Waals surface area contributed by atoms with Gasteiger partial charge in [0.25, 0.3) is 0 Å². The van der Waals surface area contributed by atoms with Gasteiger partial charge in [-0.25, -0.2) is 9.97 Å². The van der Waals surface area contributed by atoms with Gasteiger partial charge in [0.2, 0.25) is 0 Å². The Bertz CT molecular complexity index is 2330. The first-order valence-electron chi connectivity index (χ1n) is 18.1. The molecule has 0 saturated heterocycles. The van der Waals surface area contributed by atoms with E-state index in [0.717, 1.165) is 55.4 Å². The Morgan fingerprint density at radius 1 is 0.463 bits per heavy atom. The van der Waals surface area contributed by atoms with E-state index in [-0.39, 0.29) is 19.0 Å². The largest absolute Gasteiger partial charge is 0.487 e. The summed E-state index contributed by atoms with van der Waals surface area (Å²) in [5, 5.41) is 2.14. The second kappa shape index (κ2) is 16.3. The van der Waals surface area contributed by atoms with Crippen LogP contribution in [-0.2, 0) is 30.8 Å². The van der Waals surface area contributed by atoms with Gasteiger partial charge in [-0.2, -0.15) is 0 Å². The quantitative estimate of drug-likeness (QED) is 0.111. The number of aromatic nitrogens is 4. The molecule has 0 spiro atoms. The minimum atomic E-state index is -0.546. The molecule has 0 bridgehead atoms. The third-order valence-electron chi connectivity index (χ3n) is 9.72. The first-order chi connectivity index (χ1) is 26.7. The zero-order valence-corrected chi connectivity index (χ0v) is 29.7. The van der Waals surface area contributed by atoms with Crippen LogP contribution in [0.25, 0.3) is 21.8 Å². The second-order valence-electron chi connectivity index (χ2n) is 13.3. The Morgan fingerprint density at radius 2 is 0.870 bits per heavy atom. The molecule has 4 heterocycles. The van der Waals surface area contributed by atoms with Crippen molar-refractivity contribution in [3.63, 3.8) is 0 Å². The molecule has 0 aliphatic heterocycles. The lowest BCUT2D eigenvalue weighted by molar-refractivity contribution is -0.122. The van der Waals surface area contributed by atoms with Crippen LogP contribution in [0.5, 0.6) is 11.5 Å². The zero-order chi connectivity index (χ0) is 36.5. The lowest BCUT2D eigenvalue weighted by Gasteiger charge is -2.26. The molecule has 2 unspecified atom stereocenters. The van der Waals surface area contributed by atoms with Crippen LogP contribution in [0.4, 0.5) is 0 Å². The third kappa shape index (κ3) is 8.01. The van der Waals surface area contributed by atoms with Gasteiger partial charge < -0.3 is 9.47 Å². The molecule has 0 fully saturated rings. The number of pyridine rings is 4. The summed E-state index contributed by atoms with van der Waals surface area (Å²) in [5.74, 6) is 0.262. The van der Waals surface area contributed by atoms with E-state index in [9.17, 15) is 0 Å². The number of hydrogen-bond donors (Lipinski definition) is 0. The number of nitrogens with zero attached hydrogens (tertiary/aromatic N) is 4. The fourth-order valence-corrected chi connectivity index (χ4v) is 6.96. The van der Waals surface area contributed by atoms with Crippen LogP contribution in [0.15, 0.2) is 170 Å². The molecule has 0 amide bonds. The highest BCUT2D eigenvalue weighted by Gasteiger charge is 2.33. The lowest BCUT2D eigenvalue weighted by atomic mass is 9.77. The van der Waals surface area contributed by atoms with Gasteiger partial charge in [-0.15, -0.1) is 0 Å². The predicted octanol–water partition coefficient (Wildman–Crippen LogP) is 9.65. The van der Waals surface area contributed by atoms with Crippen molar-refractivity contribution in [1.29, 1.82) is 0 Å². The molecule has 8 rings (SSSR count). The smallest absolute Gasteiger partial charge is 0.148 e. The SMILES string of the molecule is O=C(C(Cc1ccncc1)c1ccccc1OCc1ccc2ccccc2n1)C(Cc1ccncc1)c1ccccc1OCc1ccc2ccccc2n1. The highest BCUT2D eigenvalue weighted by molar-refractivity contribution is 5.93. The highest BCUT2D eigenvalue weighted by Crippen LogP contribution is 2.39. The van der Waals surface area contributed by atoms with Crippen LogP contribution in [0.1, 0.15) is 45.5 Å². The van der Waals surface area contributed by atoms with Crippen molar-refractivity contribution in [3.8, 4) is 11.5 Å². The maximum atomic E-state index is 15.4. The summed E-state index contributed by atoms with van der Waals surface area (Å²) in [4.78, 5) is 33.6. The van der Waals surface area contributed by atoms with Crippen molar-refractivity contribution in [1.82, 2.24) is 19.9 Å². The second-order valence-corrected chi connectivity index (χ2v) is 13.3. The Balaban J connectivity index is 1.15. The number of hydrogen-bond acceptors (Lipinski definition) is 7. The summed E-state index contributed by atoms with van der Waals surface area (Å²) in [7, 11) is 0. The van der Waals surface area contributed by atoms with Gasteiger partial charge in [0.05, 0.1) is 34.3 Å². The van der Waals surface area contributed by atoms with E-state index in [4.69, 9.17) is 19.4 Å². The monoisotopic (exact) mass is 706 g/mol. The van der Waals surface area contributed by atoms with Gasteiger partial charge in [-0.3, -0.25) is 14.8 Å². The van der Waals surface area contributed by atoms with Crippen molar-refractivity contribution in [2.24, 2.45) is 0 Å². The van der Waals surface area contributed by atoms with E-state index in [2.05, 4.69) is 22.1 Å². The Kier molecular flexibility index (Phi) is 10.4. The van der Waals surface area contributed by atoms with Crippen molar-refractivity contribution in [3.05, 3.63) is 204 Å². The van der Waals surface area contributed by atoms with Crippen molar-refractivity contribution < 1.29 is 14.3 Å². The van der Waals surface area contributed by atoms with E-state index < -0.39 is 11.8 Å². The van der Waals surface area contributed by atoms with Gasteiger partial charge in [0.15, 0.2) is 0 Å². The number of Topliss-reactive ketones (excluding diaryl/α,β-unsaturated/α-hetero) is 1. The number of carbonyl (C=O) groups is 1. The molecule has 54 heavy (non-hydrogen) atoms. The van der Waals surface area contributed by atoms with Crippen LogP contribution in [0.2, 0.25) is 0 Å². The summed E-state index contributed by atoms with van der Waals surface area (Å²) < 4.78 is 13.0. The number of carbonyl (C=O) groups excluding carboxylic acids is 1. The van der Waals surface area contributed by atoms with Crippen LogP contribution in [0, 0.1) is 0 Å². The summed E-state index contributed by atoms with van der Waals surface area (Å²) >= 11 is 0. The highest BCUT2D eigenvalue weighted by atomic mass is 16.5. The summed E-state index contributed by atoms with van der Waals surface area (Å²) in [6.45, 7) is 0.524. The molecule has 7 nitrogen and oxygen atoms in total. The topological polar surface area (TPSA) is 87.1 Å². The predicted molar refractivity (Wildman–Crippen MR) is 211 cm³/mol. The van der Waals surface area contributed by atoms with E-state index in [1.54, 1.807) is 24.8 Å². The molecule has 264 valence electrons. The maximum Gasteiger partial charge on any atom is 0.148 e. The van der Waals surface area contributed by atoms with E-state index in [1.165, 1.54) is 0 Å². The zero-order valence-electron chi connectivity index (χ0n) is 29.7. The van der Waals surface area contributed by atoms with Crippen LogP contribution < -0.4 is 9.47 Å². The van der Waals surface area contributed by atoms with Gasteiger partial charge in [0, 0.05) is 46.7 Å². The van der Waals surface area contributed by atoms with Gasteiger partial charge in [0.1, 0.15) is 30.5 Å². The van der Waals surface area contributed by atoms with Crippen molar-refractivity contribution >= 4 is 27.6 Å². The molecule has 0 aliphatic rings. The van der Waals surface area contributed by atoms with Crippen molar-refractivity contribution in [2.75, 3.05) is 0 Å². The molecular formula is C47H38N4O3. The fourth-order valence-electron chi connectivity index (χ4n) is 6.96. The Morgan fingerprint density at radius 3 is 1.33 bits per heavy atom. The third-order valence-corrected chi connectivity index (χ3v) is 9.72. The van der Waals surface area contributed by atoms with E-state index >= 15 is 4.79 Å². The molecule has 0 N–H and O–H groups in total. The first kappa shape index (κ1) is 34.4. The summed E-state index contributed by atoms with van der Waals surface area (Å²) in [5.41, 5.74) is 7.08. The normalized spacial score (nSPS) is 12.3.